The molecule has 2 amide bonds. The summed E-state index contributed by atoms with van der Waals surface area (Å²) in [6, 6.07) is 6.70. The standard InChI is InChI=1S/C24H29N3O2/c1-14(2)26-12-17-21(16-8-5-4-6-9-16)23-19(13-27(15(3)28)24(23)29)25-18-10-7-11-20(26)22(17)18/h7,10-12,14,16,21,25H,4-6,8-9,13H2,1-3H3. The summed E-state index contributed by atoms with van der Waals surface area (Å²) >= 11 is 0. The number of carbonyl (C=O) groups excluding carboxylic acids is 2. The van der Waals surface area contributed by atoms with Gasteiger partial charge in [-0.15, -0.1) is 0 Å². The number of carbonyl (C=O) groups is 2. The van der Waals surface area contributed by atoms with Crippen LogP contribution < -0.4 is 5.32 Å². The molecule has 2 aromatic rings. The molecule has 5 nitrogen and oxygen atoms in total. The van der Waals surface area contributed by atoms with Gasteiger partial charge in [0.25, 0.3) is 5.91 Å². The van der Waals surface area contributed by atoms with E-state index in [-0.39, 0.29) is 17.7 Å². The van der Waals surface area contributed by atoms with E-state index in [9.17, 15) is 9.59 Å². The van der Waals surface area contributed by atoms with Gasteiger partial charge in [0.05, 0.1) is 12.1 Å². The number of nitrogens with zero attached hydrogens (tertiary/aromatic N) is 2. The minimum atomic E-state index is -0.176. The summed E-state index contributed by atoms with van der Waals surface area (Å²) in [4.78, 5) is 26.9. The van der Waals surface area contributed by atoms with Crippen LogP contribution in [0.25, 0.3) is 10.9 Å². The maximum Gasteiger partial charge on any atom is 0.259 e. The second-order valence-electron chi connectivity index (χ2n) is 9.09. The molecule has 1 aliphatic carbocycles. The van der Waals surface area contributed by atoms with Crippen molar-refractivity contribution in [2.75, 3.05) is 11.9 Å². The molecule has 1 unspecified atom stereocenters. The molecule has 0 radical (unpaired) electrons. The van der Waals surface area contributed by atoms with Crippen molar-refractivity contribution in [3.63, 3.8) is 0 Å². The average Bonchev–Trinajstić information content (AvgIpc) is 3.19. The first-order valence-corrected chi connectivity index (χ1v) is 10.9. The highest BCUT2D eigenvalue weighted by atomic mass is 16.2. The van der Waals surface area contributed by atoms with Gasteiger partial charge in [0, 0.05) is 47.4 Å². The second kappa shape index (κ2) is 6.75. The number of rotatable bonds is 2. The third kappa shape index (κ3) is 2.74. The van der Waals surface area contributed by atoms with Gasteiger partial charge in [0.2, 0.25) is 5.91 Å². The van der Waals surface area contributed by atoms with Crippen LogP contribution >= 0.6 is 0 Å². The highest BCUT2D eigenvalue weighted by Crippen LogP contribution is 2.50. The van der Waals surface area contributed by atoms with E-state index >= 15 is 0 Å². The lowest BCUT2D eigenvalue weighted by Gasteiger charge is -2.31. The van der Waals surface area contributed by atoms with Crippen molar-refractivity contribution < 1.29 is 9.59 Å². The molecule has 3 aliphatic rings. The fourth-order valence-electron chi connectivity index (χ4n) is 5.66. The smallest absolute Gasteiger partial charge is 0.259 e. The van der Waals surface area contributed by atoms with Gasteiger partial charge in [-0.3, -0.25) is 14.5 Å². The molecule has 1 N–H and O–H groups in total. The molecule has 1 aromatic heterocycles. The van der Waals surface area contributed by atoms with Crippen LogP contribution in [-0.2, 0) is 9.59 Å². The zero-order valence-electron chi connectivity index (χ0n) is 17.5. The van der Waals surface area contributed by atoms with E-state index in [0.717, 1.165) is 29.8 Å². The molecule has 0 bridgehead atoms. The molecule has 3 heterocycles. The van der Waals surface area contributed by atoms with E-state index in [2.05, 4.69) is 48.1 Å². The Hall–Kier alpha value is -2.56. The predicted octanol–water partition coefficient (Wildman–Crippen LogP) is 4.95. The first-order valence-electron chi connectivity index (χ1n) is 10.9. The van der Waals surface area contributed by atoms with Crippen molar-refractivity contribution in [3.05, 3.63) is 41.2 Å². The Morgan fingerprint density at radius 1 is 1.17 bits per heavy atom. The van der Waals surface area contributed by atoms with E-state index < -0.39 is 0 Å². The minimum Gasteiger partial charge on any atom is -0.356 e. The largest absolute Gasteiger partial charge is 0.356 e. The number of benzene rings is 1. The highest BCUT2D eigenvalue weighted by Gasteiger charge is 2.43. The predicted molar refractivity (Wildman–Crippen MR) is 115 cm³/mol. The quantitative estimate of drug-likeness (QED) is 0.788. The molecule has 5 rings (SSSR count). The number of hydrogen-bond donors (Lipinski definition) is 1. The van der Waals surface area contributed by atoms with E-state index in [4.69, 9.17) is 0 Å². The van der Waals surface area contributed by atoms with Crippen molar-refractivity contribution >= 4 is 28.4 Å². The second-order valence-corrected chi connectivity index (χ2v) is 9.09. The Morgan fingerprint density at radius 3 is 2.62 bits per heavy atom. The Bertz CT molecular complexity index is 1040. The van der Waals surface area contributed by atoms with Gasteiger partial charge < -0.3 is 9.88 Å². The summed E-state index contributed by atoms with van der Waals surface area (Å²) in [6.07, 6.45) is 8.28. The number of imide groups is 1. The van der Waals surface area contributed by atoms with E-state index in [1.54, 1.807) is 0 Å². The number of amides is 2. The lowest BCUT2D eigenvalue weighted by Crippen LogP contribution is -2.34. The van der Waals surface area contributed by atoms with Crippen LogP contribution in [0.5, 0.6) is 0 Å². The summed E-state index contributed by atoms with van der Waals surface area (Å²) in [7, 11) is 0. The molecule has 0 spiro atoms. The zero-order valence-corrected chi connectivity index (χ0v) is 17.5. The molecule has 152 valence electrons. The van der Waals surface area contributed by atoms with E-state index in [0.29, 0.717) is 18.5 Å². The first kappa shape index (κ1) is 18.5. The van der Waals surface area contributed by atoms with Crippen LogP contribution in [0.15, 0.2) is 35.7 Å². The molecular weight excluding hydrogens is 362 g/mol. The molecule has 0 saturated heterocycles. The Morgan fingerprint density at radius 2 is 1.93 bits per heavy atom. The number of nitrogens with one attached hydrogen (secondary N) is 1. The summed E-state index contributed by atoms with van der Waals surface area (Å²) in [6.45, 7) is 6.25. The van der Waals surface area contributed by atoms with Gasteiger partial charge in [-0.05, 0) is 50.3 Å². The minimum absolute atomic E-state index is 0.0563. The van der Waals surface area contributed by atoms with Gasteiger partial charge in [0.1, 0.15) is 0 Å². The monoisotopic (exact) mass is 391 g/mol. The van der Waals surface area contributed by atoms with Crippen LogP contribution in [0.2, 0.25) is 0 Å². The summed E-state index contributed by atoms with van der Waals surface area (Å²) in [5, 5.41) is 4.82. The van der Waals surface area contributed by atoms with Crippen LogP contribution in [0.4, 0.5) is 5.69 Å². The topological polar surface area (TPSA) is 54.3 Å². The third-order valence-electron chi connectivity index (χ3n) is 6.99. The Balaban J connectivity index is 1.75. The van der Waals surface area contributed by atoms with Gasteiger partial charge >= 0.3 is 0 Å². The summed E-state index contributed by atoms with van der Waals surface area (Å²) in [5.74, 6) is 0.226. The van der Waals surface area contributed by atoms with Crippen molar-refractivity contribution in [3.8, 4) is 0 Å². The Kier molecular flexibility index (Phi) is 4.30. The van der Waals surface area contributed by atoms with Crippen LogP contribution in [-0.4, -0.2) is 27.8 Å². The lowest BCUT2D eigenvalue weighted by molar-refractivity contribution is -0.139. The molecule has 5 heteroatoms. The van der Waals surface area contributed by atoms with Gasteiger partial charge in [-0.1, -0.05) is 25.3 Å². The lowest BCUT2D eigenvalue weighted by atomic mass is 9.73. The fraction of sp³-hybridized carbons (Fsp3) is 0.500. The first-order chi connectivity index (χ1) is 14.0. The fourth-order valence-corrected chi connectivity index (χ4v) is 5.66. The van der Waals surface area contributed by atoms with Gasteiger partial charge in [0.15, 0.2) is 0 Å². The summed E-state index contributed by atoms with van der Waals surface area (Å²) < 4.78 is 2.33. The molecule has 29 heavy (non-hydrogen) atoms. The molecule has 2 aliphatic heterocycles. The van der Waals surface area contributed by atoms with Crippen LogP contribution in [0, 0.1) is 5.92 Å². The number of anilines is 1. The third-order valence-corrected chi connectivity index (χ3v) is 6.99. The molecule has 1 atom stereocenters. The normalized spacial score (nSPS) is 22.3. The van der Waals surface area contributed by atoms with Gasteiger partial charge in [-0.25, -0.2) is 0 Å². The highest BCUT2D eigenvalue weighted by molar-refractivity contribution is 6.10. The maximum absolute atomic E-state index is 13.4. The molecule has 1 fully saturated rings. The van der Waals surface area contributed by atoms with Crippen molar-refractivity contribution in [2.24, 2.45) is 5.92 Å². The van der Waals surface area contributed by atoms with E-state index in [1.807, 2.05) is 0 Å². The van der Waals surface area contributed by atoms with Crippen LogP contribution in [0.3, 0.4) is 0 Å². The molecular formula is C24H29N3O2. The molecule has 1 aromatic carbocycles. The van der Waals surface area contributed by atoms with Gasteiger partial charge in [-0.2, -0.15) is 0 Å². The summed E-state index contributed by atoms with van der Waals surface area (Å²) in [5.41, 5.74) is 5.28. The SMILES string of the molecule is CC(=O)N1CC2=C(C1=O)C(C1CCCCC1)c1cn(C(C)C)c3cccc(c13)N2. The number of aromatic nitrogens is 1. The van der Waals surface area contributed by atoms with Crippen molar-refractivity contribution in [1.82, 2.24) is 9.47 Å². The van der Waals surface area contributed by atoms with Crippen molar-refractivity contribution in [1.29, 1.82) is 0 Å². The zero-order chi connectivity index (χ0) is 20.3. The maximum atomic E-state index is 13.4. The Labute approximate surface area is 171 Å². The number of hydrogen-bond acceptors (Lipinski definition) is 3. The van der Waals surface area contributed by atoms with Crippen LogP contribution in [0.1, 0.15) is 70.4 Å². The molecule has 1 saturated carbocycles. The van der Waals surface area contributed by atoms with E-state index in [1.165, 1.54) is 47.6 Å². The van der Waals surface area contributed by atoms with Crippen molar-refractivity contribution in [2.45, 2.75) is 64.8 Å². The average molecular weight is 392 g/mol.